The van der Waals surface area contributed by atoms with Gasteiger partial charge in [-0.1, -0.05) is 0 Å². The van der Waals surface area contributed by atoms with Crippen molar-refractivity contribution in [2.45, 2.75) is 44.6 Å². The van der Waals surface area contributed by atoms with E-state index in [9.17, 15) is 4.79 Å². The summed E-state index contributed by atoms with van der Waals surface area (Å²) in [6.07, 6.45) is 6.37. The molecule has 1 fully saturated rings. The molecule has 0 spiro atoms. The molecule has 2 aliphatic carbocycles. The Labute approximate surface area is 111 Å². The zero-order valence-corrected chi connectivity index (χ0v) is 11.1. The Kier molecular flexibility index (Phi) is 3.09. The number of carbonyl (C=O) groups is 1. The number of aryl methyl sites for hydroxylation is 2. The molecule has 0 radical (unpaired) electrons. The van der Waals surface area contributed by atoms with Crippen LogP contribution in [0.5, 0.6) is 0 Å². The maximum atomic E-state index is 12.2. The van der Waals surface area contributed by atoms with Crippen molar-refractivity contribution < 1.29 is 4.79 Å². The van der Waals surface area contributed by atoms with Gasteiger partial charge in [0.05, 0.1) is 16.9 Å². The lowest BCUT2D eigenvalue weighted by Gasteiger charge is -2.14. The topological polar surface area (TPSA) is 52.9 Å². The Bertz CT molecular complexity index is 493. The van der Waals surface area contributed by atoms with Crippen molar-refractivity contribution in [1.82, 2.24) is 5.32 Å². The Hall–Kier alpha value is -1.34. The summed E-state index contributed by atoms with van der Waals surface area (Å²) in [6, 6.07) is 4.39. The summed E-state index contributed by atoms with van der Waals surface area (Å²) in [5, 5.41) is 12.1. The first kappa shape index (κ1) is 11.7. The van der Waals surface area contributed by atoms with Gasteiger partial charge in [0.1, 0.15) is 0 Å². The largest absolute Gasteiger partial charge is 0.347 e. The molecule has 4 heteroatoms. The predicted molar refractivity (Wildman–Crippen MR) is 70.6 cm³/mol. The first-order chi connectivity index (χ1) is 8.78. The monoisotopic (exact) mass is 260 g/mol. The van der Waals surface area contributed by atoms with Crippen LogP contribution in [0, 0.1) is 17.2 Å². The highest BCUT2D eigenvalue weighted by Gasteiger charge is 2.29. The number of hydrogen-bond acceptors (Lipinski definition) is 3. The van der Waals surface area contributed by atoms with Crippen molar-refractivity contribution in [1.29, 1.82) is 5.26 Å². The lowest BCUT2D eigenvalue weighted by atomic mass is 10.1. The van der Waals surface area contributed by atoms with E-state index in [0.29, 0.717) is 0 Å². The molecule has 2 atom stereocenters. The normalized spacial score (nSPS) is 25.7. The molecule has 0 aromatic carbocycles. The first-order valence-electron chi connectivity index (χ1n) is 6.60. The minimum Gasteiger partial charge on any atom is -0.347 e. The van der Waals surface area contributed by atoms with Crippen LogP contribution in [0.1, 0.15) is 45.8 Å². The van der Waals surface area contributed by atoms with Crippen LogP contribution in [-0.4, -0.2) is 11.9 Å². The second kappa shape index (κ2) is 4.74. The quantitative estimate of drug-likeness (QED) is 0.888. The second-order valence-electron chi connectivity index (χ2n) is 5.16. The molecular weight excluding hydrogens is 244 g/mol. The fourth-order valence-electron chi connectivity index (χ4n) is 2.97. The number of rotatable bonds is 2. The third kappa shape index (κ3) is 2.04. The maximum Gasteiger partial charge on any atom is 0.261 e. The highest BCUT2D eigenvalue weighted by Crippen LogP contribution is 2.31. The summed E-state index contributed by atoms with van der Waals surface area (Å²) in [5.74, 6) is 0.0160. The molecular formula is C14H16N2OS. The van der Waals surface area contributed by atoms with Gasteiger partial charge in [-0.2, -0.15) is 5.26 Å². The Morgan fingerprint density at radius 3 is 3.06 bits per heavy atom. The van der Waals surface area contributed by atoms with E-state index in [-0.39, 0.29) is 17.9 Å². The van der Waals surface area contributed by atoms with Crippen molar-refractivity contribution in [3.63, 3.8) is 0 Å². The molecule has 0 aliphatic heterocycles. The zero-order valence-electron chi connectivity index (χ0n) is 10.2. The van der Waals surface area contributed by atoms with Crippen LogP contribution >= 0.6 is 11.3 Å². The number of nitrogens with one attached hydrogen (secondary N) is 1. The highest BCUT2D eigenvalue weighted by molar-refractivity contribution is 7.14. The van der Waals surface area contributed by atoms with E-state index in [1.165, 1.54) is 16.9 Å². The third-order valence-electron chi connectivity index (χ3n) is 3.97. The van der Waals surface area contributed by atoms with Crippen LogP contribution in [0.4, 0.5) is 0 Å². The van der Waals surface area contributed by atoms with Gasteiger partial charge in [-0.25, -0.2) is 0 Å². The summed E-state index contributed by atoms with van der Waals surface area (Å²) in [7, 11) is 0. The molecule has 1 aromatic heterocycles. The number of hydrogen-bond donors (Lipinski definition) is 1. The zero-order chi connectivity index (χ0) is 12.5. The van der Waals surface area contributed by atoms with E-state index in [0.717, 1.165) is 37.0 Å². The minimum absolute atomic E-state index is 0.000703. The van der Waals surface area contributed by atoms with E-state index in [1.807, 2.05) is 6.07 Å². The third-order valence-corrected chi connectivity index (χ3v) is 5.20. The van der Waals surface area contributed by atoms with Crippen molar-refractivity contribution in [2.75, 3.05) is 0 Å². The molecule has 3 nitrogen and oxygen atoms in total. The van der Waals surface area contributed by atoms with Gasteiger partial charge in [0.2, 0.25) is 0 Å². The van der Waals surface area contributed by atoms with Gasteiger partial charge >= 0.3 is 0 Å². The molecule has 18 heavy (non-hydrogen) atoms. The number of nitrogens with zero attached hydrogens (tertiary/aromatic N) is 1. The Morgan fingerprint density at radius 2 is 2.28 bits per heavy atom. The molecule has 0 bridgehead atoms. The molecule has 0 saturated heterocycles. The van der Waals surface area contributed by atoms with Gasteiger partial charge in [0.15, 0.2) is 0 Å². The average molecular weight is 260 g/mol. The van der Waals surface area contributed by atoms with Crippen molar-refractivity contribution >= 4 is 17.2 Å². The maximum absolute atomic E-state index is 12.2. The second-order valence-corrected chi connectivity index (χ2v) is 6.30. The fourth-order valence-corrected chi connectivity index (χ4v) is 4.12. The Morgan fingerprint density at radius 1 is 1.39 bits per heavy atom. The smallest absolute Gasteiger partial charge is 0.261 e. The summed E-state index contributed by atoms with van der Waals surface area (Å²) in [5.41, 5.74) is 1.36. The average Bonchev–Trinajstić information content (AvgIpc) is 3.02. The van der Waals surface area contributed by atoms with Crippen molar-refractivity contribution in [3.8, 4) is 6.07 Å². The SMILES string of the molecule is N#CC1CCCC1NC(=O)c1cc2c(s1)CCC2. The van der Waals surface area contributed by atoms with Gasteiger partial charge < -0.3 is 5.32 Å². The van der Waals surface area contributed by atoms with Gasteiger partial charge in [0, 0.05) is 10.9 Å². The van der Waals surface area contributed by atoms with Gasteiger partial charge in [-0.3, -0.25) is 4.79 Å². The minimum atomic E-state index is 0.000703. The molecule has 2 aliphatic rings. The van der Waals surface area contributed by atoms with E-state index in [4.69, 9.17) is 5.26 Å². The van der Waals surface area contributed by atoms with Crippen molar-refractivity contribution in [3.05, 3.63) is 21.4 Å². The molecule has 94 valence electrons. The van der Waals surface area contributed by atoms with E-state index < -0.39 is 0 Å². The molecule has 1 amide bonds. The lowest BCUT2D eigenvalue weighted by Crippen LogP contribution is -2.36. The molecule has 2 unspecified atom stereocenters. The number of carbonyl (C=O) groups excluding carboxylic acids is 1. The van der Waals surface area contributed by atoms with Crippen LogP contribution in [0.3, 0.4) is 0 Å². The van der Waals surface area contributed by atoms with Crippen LogP contribution in [0.2, 0.25) is 0 Å². The van der Waals surface area contributed by atoms with Crippen LogP contribution in [0.15, 0.2) is 6.07 Å². The summed E-state index contributed by atoms with van der Waals surface area (Å²) in [6.45, 7) is 0. The molecule has 1 saturated carbocycles. The van der Waals surface area contributed by atoms with E-state index >= 15 is 0 Å². The summed E-state index contributed by atoms with van der Waals surface area (Å²) in [4.78, 5) is 14.4. The summed E-state index contributed by atoms with van der Waals surface area (Å²) >= 11 is 1.63. The molecule has 1 aromatic rings. The molecule has 3 rings (SSSR count). The first-order valence-corrected chi connectivity index (χ1v) is 7.41. The summed E-state index contributed by atoms with van der Waals surface area (Å²) < 4.78 is 0. The molecule has 1 heterocycles. The number of amides is 1. The molecule has 1 N–H and O–H groups in total. The van der Waals surface area contributed by atoms with Gasteiger partial charge in [0.25, 0.3) is 5.91 Å². The lowest BCUT2D eigenvalue weighted by molar-refractivity contribution is 0.0937. The Balaban J connectivity index is 1.69. The number of fused-ring (bicyclic) bond motifs is 1. The number of nitriles is 1. The predicted octanol–water partition coefficient (Wildman–Crippen LogP) is 2.66. The van der Waals surface area contributed by atoms with E-state index in [2.05, 4.69) is 11.4 Å². The van der Waals surface area contributed by atoms with Crippen molar-refractivity contribution in [2.24, 2.45) is 5.92 Å². The van der Waals surface area contributed by atoms with Gasteiger partial charge in [-0.05, 0) is 50.2 Å². The standard InChI is InChI=1S/C14H16N2OS/c15-8-10-4-1-5-11(10)16-14(17)13-7-9-3-2-6-12(9)18-13/h7,10-11H,1-6H2,(H,16,17). The van der Waals surface area contributed by atoms with Crippen LogP contribution in [-0.2, 0) is 12.8 Å². The van der Waals surface area contributed by atoms with Crippen LogP contribution < -0.4 is 5.32 Å². The van der Waals surface area contributed by atoms with Gasteiger partial charge in [-0.15, -0.1) is 11.3 Å². The number of thiophene rings is 1. The fraction of sp³-hybridized carbons (Fsp3) is 0.571. The van der Waals surface area contributed by atoms with E-state index in [1.54, 1.807) is 11.3 Å². The van der Waals surface area contributed by atoms with Crippen LogP contribution in [0.25, 0.3) is 0 Å². The highest BCUT2D eigenvalue weighted by atomic mass is 32.1.